The molecule has 0 unspecified atom stereocenters. The van der Waals surface area contributed by atoms with Gasteiger partial charge in [-0.25, -0.2) is 0 Å². The van der Waals surface area contributed by atoms with Gasteiger partial charge in [-0.2, -0.15) is 5.10 Å². The molecule has 0 saturated carbocycles. The van der Waals surface area contributed by atoms with Crippen LogP contribution in [0.15, 0.2) is 24.3 Å². The van der Waals surface area contributed by atoms with Gasteiger partial charge in [-0.05, 0) is 43.8 Å². The number of nitrogens with one attached hydrogen (secondary N) is 2. The first-order valence-electron chi connectivity index (χ1n) is 7.71. The summed E-state index contributed by atoms with van der Waals surface area (Å²) in [6.07, 6.45) is 3.49. The van der Waals surface area contributed by atoms with Gasteiger partial charge in [0.15, 0.2) is 5.69 Å². The molecule has 5 heteroatoms. The molecule has 21 heavy (non-hydrogen) atoms. The maximum atomic E-state index is 12.8. The molecule has 2 saturated heterocycles. The van der Waals surface area contributed by atoms with Crippen molar-refractivity contribution in [1.82, 2.24) is 20.4 Å². The van der Waals surface area contributed by atoms with Gasteiger partial charge in [-0.1, -0.05) is 18.2 Å². The molecule has 5 nitrogen and oxygen atoms in total. The highest BCUT2D eigenvalue weighted by atomic mass is 16.2. The van der Waals surface area contributed by atoms with Crippen molar-refractivity contribution in [1.29, 1.82) is 0 Å². The molecule has 2 aliphatic heterocycles. The van der Waals surface area contributed by atoms with Crippen LogP contribution in [0.2, 0.25) is 0 Å². The summed E-state index contributed by atoms with van der Waals surface area (Å²) in [4.78, 5) is 14.8. The summed E-state index contributed by atoms with van der Waals surface area (Å²) >= 11 is 0. The third-order valence-corrected chi connectivity index (χ3v) is 5.06. The van der Waals surface area contributed by atoms with E-state index in [4.69, 9.17) is 0 Å². The van der Waals surface area contributed by atoms with E-state index in [1.807, 2.05) is 29.2 Å². The van der Waals surface area contributed by atoms with E-state index in [9.17, 15) is 4.79 Å². The van der Waals surface area contributed by atoms with Crippen LogP contribution >= 0.6 is 0 Å². The SMILES string of the molecule is O=C(c1n[nH]c2ccccc12)N1CCC2(CCNCC2)C1. The number of fused-ring (bicyclic) bond motifs is 1. The third-order valence-electron chi connectivity index (χ3n) is 5.06. The minimum atomic E-state index is 0.0721. The number of nitrogens with zero attached hydrogens (tertiary/aromatic N) is 2. The van der Waals surface area contributed by atoms with Gasteiger partial charge in [0.05, 0.1) is 5.52 Å². The number of amides is 1. The van der Waals surface area contributed by atoms with Crippen LogP contribution in [-0.2, 0) is 0 Å². The Morgan fingerprint density at radius 1 is 1.19 bits per heavy atom. The number of carbonyl (C=O) groups is 1. The average molecular weight is 284 g/mol. The molecular formula is C16H20N4O. The number of benzene rings is 1. The van der Waals surface area contributed by atoms with Crippen molar-refractivity contribution in [3.63, 3.8) is 0 Å². The minimum absolute atomic E-state index is 0.0721. The van der Waals surface area contributed by atoms with E-state index in [-0.39, 0.29) is 5.91 Å². The standard InChI is InChI=1S/C16H20N4O/c21-15(14-12-3-1-2-4-13(12)18-19-14)20-10-7-16(11-20)5-8-17-9-6-16/h1-4,17H,5-11H2,(H,18,19). The maximum absolute atomic E-state index is 12.8. The normalized spacial score (nSPS) is 21.2. The zero-order valence-corrected chi connectivity index (χ0v) is 12.1. The lowest BCUT2D eigenvalue weighted by atomic mass is 9.78. The molecule has 1 amide bonds. The lowest BCUT2D eigenvalue weighted by Gasteiger charge is -2.33. The maximum Gasteiger partial charge on any atom is 0.275 e. The predicted molar refractivity (Wildman–Crippen MR) is 81.2 cm³/mol. The van der Waals surface area contributed by atoms with Gasteiger partial charge in [0.1, 0.15) is 0 Å². The Labute approximate surface area is 123 Å². The average Bonchev–Trinajstić information content (AvgIpc) is 3.12. The highest BCUT2D eigenvalue weighted by Gasteiger charge is 2.41. The number of hydrogen-bond donors (Lipinski definition) is 2. The Morgan fingerprint density at radius 2 is 2.00 bits per heavy atom. The van der Waals surface area contributed by atoms with E-state index in [2.05, 4.69) is 15.5 Å². The second-order valence-corrected chi connectivity index (χ2v) is 6.34. The number of hydrogen-bond acceptors (Lipinski definition) is 3. The Hall–Kier alpha value is -1.88. The Kier molecular flexibility index (Phi) is 2.96. The van der Waals surface area contributed by atoms with Crippen molar-refractivity contribution in [3.05, 3.63) is 30.0 Å². The molecule has 0 bridgehead atoms. The van der Waals surface area contributed by atoms with Gasteiger partial charge >= 0.3 is 0 Å². The van der Waals surface area contributed by atoms with Gasteiger partial charge in [0.2, 0.25) is 0 Å². The van der Waals surface area contributed by atoms with E-state index < -0.39 is 0 Å². The molecule has 4 rings (SSSR count). The molecule has 2 N–H and O–H groups in total. The monoisotopic (exact) mass is 284 g/mol. The molecule has 110 valence electrons. The molecule has 0 atom stereocenters. The second-order valence-electron chi connectivity index (χ2n) is 6.34. The van der Waals surface area contributed by atoms with Crippen LogP contribution in [-0.4, -0.2) is 47.2 Å². The van der Waals surface area contributed by atoms with Crippen molar-refractivity contribution < 1.29 is 4.79 Å². The fraction of sp³-hybridized carbons (Fsp3) is 0.500. The summed E-state index contributed by atoms with van der Waals surface area (Å²) in [6, 6.07) is 7.82. The molecule has 0 radical (unpaired) electrons. The van der Waals surface area contributed by atoms with Gasteiger partial charge in [-0.15, -0.1) is 0 Å². The molecular weight excluding hydrogens is 264 g/mol. The highest BCUT2D eigenvalue weighted by molar-refractivity contribution is 6.04. The van der Waals surface area contributed by atoms with Gasteiger partial charge < -0.3 is 10.2 Å². The van der Waals surface area contributed by atoms with Crippen molar-refractivity contribution in [3.8, 4) is 0 Å². The van der Waals surface area contributed by atoms with Gasteiger partial charge in [-0.3, -0.25) is 9.89 Å². The number of H-pyrrole nitrogens is 1. The van der Waals surface area contributed by atoms with Crippen molar-refractivity contribution in [2.24, 2.45) is 5.41 Å². The number of carbonyl (C=O) groups excluding carboxylic acids is 1. The van der Waals surface area contributed by atoms with E-state index in [0.29, 0.717) is 11.1 Å². The zero-order valence-electron chi connectivity index (χ0n) is 12.1. The van der Waals surface area contributed by atoms with Gasteiger partial charge in [0.25, 0.3) is 5.91 Å². The third kappa shape index (κ3) is 2.12. The largest absolute Gasteiger partial charge is 0.337 e. The Bertz CT molecular complexity index is 672. The summed E-state index contributed by atoms with van der Waals surface area (Å²) in [5, 5.41) is 11.5. The topological polar surface area (TPSA) is 61.0 Å². The van der Waals surface area contributed by atoms with Crippen molar-refractivity contribution >= 4 is 16.8 Å². The molecule has 0 aliphatic carbocycles. The molecule has 1 aromatic carbocycles. The van der Waals surface area contributed by atoms with E-state index >= 15 is 0 Å². The molecule has 1 aromatic heterocycles. The summed E-state index contributed by atoms with van der Waals surface area (Å²) in [6.45, 7) is 3.90. The van der Waals surface area contributed by atoms with Crippen LogP contribution in [0.5, 0.6) is 0 Å². The second kappa shape index (κ2) is 4.84. The van der Waals surface area contributed by atoms with Crippen molar-refractivity contribution in [2.75, 3.05) is 26.2 Å². The Balaban J connectivity index is 1.58. The Morgan fingerprint density at radius 3 is 2.86 bits per heavy atom. The summed E-state index contributed by atoms with van der Waals surface area (Å²) in [7, 11) is 0. The predicted octanol–water partition coefficient (Wildman–Crippen LogP) is 1.78. The molecule has 2 fully saturated rings. The van der Waals surface area contributed by atoms with Crippen LogP contribution in [0.4, 0.5) is 0 Å². The number of piperidine rings is 1. The van der Waals surface area contributed by atoms with E-state index in [1.54, 1.807) is 0 Å². The lowest BCUT2D eigenvalue weighted by molar-refractivity contribution is 0.0758. The molecule has 2 aliphatic rings. The lowest BCUT2D eigenvalue weighted by Crippen LogP contribution is -2.39. The minimum Gasteiger partial charge on any atom is -0.337 e. The number of aromatic nitrogens is 2. The summed E-state index contributed by atoms with van der Waals surface area (Å²) < 4.78 is 0. The fourth-order valence-electron chi connectivity index (χ4n) is 3.75. The van der Waals surface area contributed by atoms with Crippen LogP contribution in [0.1, 0.15) is 29.8 Å². The molecule has 3 heterocycles. The summed E-state index contributed by atoms with van der Waals surface area (Å²) in [5.41, 5.74) is 1.83. The van der Waals surface area contributed by atoms with E-state index in [1.165, 1.54) is 12.8 Å². The number of aromatic amines is 1. The first kappa shape index (κ1) is 12.8. The van der Waals surface area contributed by atoms with Crippen LogP contribution in [0.25, 0.3) is 10.9 Å². The van der Waals surface area contributed by atoms with Crippen LogP contribution < -0.4 is 5.32 Å². The quantitative estimate of drug-likeness (QED) is 0.839. The summed E-state index contributed by atoms with van der Waals surface area (Å²) in [5.74, 6) is 0.0721. The molecule has 1 spiro atoms. The first-order valence-corrected chi connectivity index (χ1v) is 7.71. The van der Waals surface area contributed by atoms with Crippen molar-refractivity contribution in [2.45, 2.75) is 19.3 Å². The highest BCUT2D eigenvalue weighted by Crippen LogP contribution is 2.39. The molecule has 2 aromatic rings. The first-order chi connectivity index (χ1) is 10.3. The number of likely N-dealkylation sites (tertiary alicyclic amines) is 1. The number of para-hydroxylation sites is 1. The van der Waals surface area contributed by atoms with Crippen LogP contribution in [0, 0.1) is 5.41 Å². The van der Waals surface area contributed by atoms with Crippen LogP contribution in [0.3, 0.4) is 0 Å². The van der Waals surface area contributed by atoms with Gasteiger partial charge in [0, 0.05) is 18.5 Å². The van der Waals surface area contributed by atoms with E-state index in [0.717, 1.165) is 43.5 Å². The number of rotatable bonds is 1. The fourth-order valence-corrected chi connectivity index (χ4v) is 3.75. The smallest absolute Gasteiger partial charge is 0.275 e. The zero-order chi connectivity index (χ0) is 14.3.